The van der Waals surface area contributed by atoms with Gasteiger partial charge in [0.25, 0.3) is 0 Å². The quantitative estimate of drug-likeness (QED) is 0.922. The van der Waals surface area contributed by atoms with Crippen molar-refractivity contribution in [1.29, 1.82) is 0 Å². The van der Waals surface area contributed by atoms with Crippen LogP contribution in [0.5, 0.6) is 5.75 Å². The predicted molar refractivity (Wildman–Crippen MR) is 73.3 cm³/mol. The van der Waals surface area contributed by atoms with E-state index in [1.165, 1.54) is 13.2 Å². The Bertz CT molecular complexity index is 506. The molecule has 2 rings (SSSR count). The Kier molecular flexibility index (Phi) is 4.28. The van der Waals surface area contributed by atoms with Crippen molar-refractivity contribution in [3.05, 3.63) is 29.6 Å². The number of nitrogens with zero attached hydrogens (tertiary/aromatic N) is 1. The van der Waals surface area contributed by atoms with Crippen molar-refractivity contribution in [2.45, 2.75) is 38.3 Å². The van der Waals surface area contributed by atoms with Crippen LogP contribution in [0.3, 0.4) is 0 Å². The van der Waals surface area contributed by atoms with Gasteiger partial charge in [0.1, 0.15) is 17.1 Å². The third-order valence-corrected chi connectivity index (χ3v) is 4.12. The molecule has 0 saturated carbocycles. The summed E-state index contributed by atoms with van der Waals surface area (Å²) in [5.41, 5.74) is -0.412. The number of likely N-dealkylation sites (tertiary alicyclic amines) is 1. The zero-order valence-electron chi connectivity index (χ0n) is 11.9. The molecular formula is C15H20FNO3. The van der Waals surface area contributed by atoms with E-state index in [1.807, 2.05) is 4.90 Å². The minimum Gasteiger partial charge on any atom is -0.497 e. The average molecular weight is 281 g/mol. The number of carboxylic acid groups (broad SMARTS) is 1. The van der Waals surface area contributed by atoms with Crippen molar-refractivity contribution < 1.29 is 19.0 Å². The topological polar surface area (TPSA) is 49.8 Å². The predicted octanol–water partition coefficient (Wildman–Crippen LogP) is 2.66. The van der Waals surface area contributed by atoms with E-state index in [9.17, 15) is 14.3 Å². The van der Waals surface area contributed by atoms with Gasteiger partial charge in [0.2, 0.25) is 0 Å². The van der Waals surface area contributed by atoms with E-state index >= 15 is 0 Å². The molecule has 5 heteroatoms. The Hall–Kier alpha value is -1.62. The second-order valence-electron chi connectivity index (χ2n) is 5.42. The van der Waals surface area contributed by atoms with Crippen LogP contribution in [0.2, 0.25) is 0 Å². The van der Waals surface area contributed by atoms with E-state index in [0.717, 1.165) is 12.8 Å². The van der Waals surface area contributed by atoms with Crippen LogP contribution in [-0.4, -0.2) is 35.2 Å². The number of piperidine rings is 1. The number of carboxylic acids is 1. The summed E-state index contributed by atoms with van der Waals surface area (Å²) in [6.07, 6.45) is 2.44. The number of carbonyl (C=O) groups is 1. The third-order valence-electron chi connectivity index (χ3n) is 4.12. The van der Waals surface area contributed by atoms with Crippen molar-refractivity contribution in [2.75, 3.05) is 13.7 Å². The lowest BCUT2D eigenvalue weighted by atomic mass is 9.88. The maximum atomic E-state index is 14.0. The molecule has 1 saturated heterocycles. The van der Waals surface area contributed by atoms with Gasteiger partial charge in [-0.1, -0.05) is 6.07 Å². The summed E-state index contributed by atoms with van der Waals surface area (Å²) < 4.78 is 19.0. The van der Waals surface area contributed by atoms with E-state index in [4.69, 9.17) is 4.74 Å². The second-order valence-corrected chi connectivity index (χ2v) is 5.42. The van der Waals surface area contributed by atoms with Crippen LogP contribution in [0.15, 0.2) is 18.2 Å². The summed E-state index contributed by atoms with van der Waals surface area (Å²) in [5, 5.41) is 9.44. The van der Waals surface area contributed by atoms with E-state index in [2.05, 4.69) is 0 Å². The fourth-order valence-electron chi connectivity index (χ4n) is 2.66. The summed E-state index contributed by atoms with van der Waals surface area (Å²) >= 11 is 0. The van der Waals surface area contributed by atoms with E-state index < -0.39 is 11.5 Å². The van der Waals surface area contributed by atoms with Crippen LogP contribution < -0.4 is 4.74 Å². The lowest BCUT2D eigenvalue weighted by molar-refractivity contribution is -0.153. The molecule has 1 N–H and O–H groups in total. The summed E-state index contributed by atoms with van der Waals surface area (Å²) in [6, 6.07) is 4.68. The van der Waals surface area contributed by atoms with Crippen molar-refractivity contribution >= 4 is 5.97 Å². The lowest BCUT2D eigenvalue weighted by Crippen LogP contribution is -2.54. The minimum absolute atomic E-state index is 0.304. The van der Waals surface area contributed by atoms with Crippen LogP contribution in [-0.2, 0) is 11.3 Å². The lowest BCUT2D eigenvalue weighted by Gasteiger charge is -2.41. The average Bonchev–Trinajstić information content (AvgIpc) is 2.43. The molecule has 1 unspecified atom stereocenters. The van der Waals surface area contributed by atoms with Gasteiger partial charge in [0, 0.05) is 18.2 Å². The molecule has 1 aliphatic heterocycles. The Morgan fingerprint density at radius 2 is 2.25 bits per heavy atom. The fraction of sp³-hybridized carbons (Fsp3) is 0.533. The number of rotatable bonds is 4. The first-order valence-electron chi connectivity index (χ1n) is 6.78. The zero-order chi connectivity index (χ0) is 14.8. The smallest absolute Gasteiger partial charge is 0.323 e. The minimum atomic E-state index is -0.912. The first-order valence-corrected chi connectivity index (χ1v) is 6.78. The fourth-order valence-corrected chi connectivity index (χ4v) is 2.66. The van der Waals surface area contributed by atoms with Gasteiger partial charge in [-0.2, -0.15) is 0 Å². The van der Waals surface area contributed by atoms with Crippen molar-refractivity contribution in [3.63, 3.8) is 0 Å². The standard InChI is InChI=1S/C15H20FNO3/c1-15(14(18)19)7-3-4-8-17(15)10-11-5-6-12(20-2)9-13(11)16/h5-6,9H,3-4,7-8,10H2,1-2H3,(H,18,19). The Morgan fingerprint density at radius 1 is 1.50 bits per heavy atom. The molecule has 0 amide bonds. The van der Waals surface area contributed by atoms with Gasteiger partial charge in [-0.05, 0) is 38.8 Å². The van der Waals surface area contributed by atoms with Gasteiger partial charge in [-0.25, -0.2) is 4.39 Å². The molecule has 1 aromatic carbocycles. The third kappa shape index (κ3) is 2.77. The SMILES string of the molecule is COc1ccc(CN2CCCCC2(C)C(=O)O)c(F)c1. The van der Waals surface area contributed by atoms with Gasteiger partial charge < -0.3 is 9.84 Å². The first-order chi connectivity index (χ1) is 9.47. The van der Waals surface area contributed by atoms with E-state index in [0.29, 0.717) is 30.8 Å². The number of halogens is 1. The Morgan fingerprint density at radius 3 is 2.85 bits per heavy atom. The normalized spacial score (nSPS) is 23.6. The molecule has 4 nitrogen and oxygen atoms in total. The molecule has 1 fully saturated rings. The van der Waals surface area contributed by atoms with Crippen molar-refractivity contribution in [3.8, 4) is 5.75 Å². The molecule has 1 aliphatic rings. The Labute approximate surface area is 118 Å². The molecule has 0 aromatic heterocycles. The summed E-state index contributed by atoms with van der Waals surface area (Å²) in [6.45, 7) is 2.70. The van der Waals surface area contributed by atoms with Gasteiger partial charge in [-0.3, -0.25) is 9.69 Å². The highest BCUT2D eigenvalue weighted by Gasteiger charge is 2.41. The van der Waals surface area contributed by atoms with Gasteiger partial charge >= 0.3 is 5.97 Å². The maximum Gasteiger partial charge on any atom is 0.323 e. The first kappa shape index (κ1) is 14.8. The van der Waals surface area contributed by atoms with Gasteiger partial charge in [0.05, 0.1) is 7.11 Å². The number of hydrogen-bond acceptors (Lipinski definition) is 3. The van der Waals surface area contributed by atoms with Crippen molar-refractivity contribution in [2.24, 2.45) is 0 Å². The number of ether oxygens (including phenoxy) is 1. The molecule has 0 bridgehead atoms. The molecular weight excluding hydrogens is 261 g/mol. The molecule has 0 radical (unpaired) electrons. The molecule has 20 heavy (non-hydrogen) atoms. The number of methoxy groups -OCH3 is 1. The highest BCUT2D eigenvalue weighted by Crippen LogP contribution is 2.30. The second kappa shape index (κ2) is 5.79. The maximum absolute atomic E-state index is 14.0. The van der Waals surface area contributed by atoms with Crippen molar-refractivity contribution in [1.82, 2.24) is 4.90 Å². The molecule has 1 aromatic rings. The number of hydrogen-bond donors (Lipinski definition) is 1. The number of aliphatic carboxylic acids is 1. The summed E-state index contributed by atoms with van der Waals surface area (Å²) in [5.74, 6) is -0.736. The van der Waals surface area contributed by atoms with Crippen LogP contribution in [0.4, 0.5) is 4.39 Å². The highest BCUT2D eigenvalue weighted by molar-refractivity contribution is 5.78. The largest absolute Gasteiger partial charge is 0.497 e. The monoisotopic (exact) mass is 281 g/mol. The van der Waals surface area contributed by atoms with E-state index in [-0.39, 0.29) is 5.82 Å². The summed E-state index contributed by atoms with van der Waals surface area (Å²) in [4.78, 5) is 13.4. The van der Waals surface area contributed by atoms with Crippen LogP contribution in [0, 0.1) is 5.82 Å². The van der Waals surface area contributed by atoms with Crippen LogP contribution in [0.1, 0.15) is 31.7 Å². The highest BCUT2D eigenvalue weighted by atomic mass is 19.1. The molecule has 0 aliphatic carbocycles. The Balaban J connectivity index is 2.21. The molecule has 110 valence electrons. The van der Waals surface area contributed by atoms with E-state index in [1.54, 1.807) is 19.1 Å². The molecule has 0 spiro atoms. The molecule has 1 atom stereocenters. The number of benzene rings is 1. The van der Waals surface area contributed by atoms with Crippen LogP contribution in [0.25, 0.3) is 0 Å². The van der Waals surface area contributed by atoms with Gasteiger partial charge in [-0.15, -0.1) is 0 Å². The molecule has 1 heterocycles. The zero-order valence-corrected chi connectivity index (χ0v) is 11.9. The summed E-state index contributed by atoms with van der Waals surface area (Å²) in [7, 11) is 1.49. The van der Waals surface area contributed by atoms with Gasteiger partial charge in [0.15, 0.2) is 0 Å². The van der Waals surface area contributed by atoms with Crippen LogP contribution >= 0.6 is 0 Å².